The minimum atomic E-state index is -3.57. The molecule has 2 unspecified atom stereocenters. The number of rotatable bonds is 5. The lowest BCUT2D eigenvalue weighted by Gasteiger charge is -2.32. The van der Waals surface area contributed by atoms with E-state index < -0.39 is 21.8 Å². The molecule has 0 aromatic heterocycles. The van der Waals surface area contributed by atoms with E-state index in [0.29, 0.717) is 31.2 Å². The topological polar surface area (TPSA) is 52.7 Å². The van der Waals surface area contributed by atoms with Crippen molar-refractivity contribution in [2.75, 3.05) is 31.5 Å². The van der Waals surface area contributed by atoms with E-state index >= 15 is 0 Å². The molecule has 0 spiro atoms. The first-order chi connectivity index (χ1) is 14.3. The normalized spacial score (nSPS) is 24.2. The number of anilines is 1. The summed E-state index contributed by atoms with van der Waals surface area (Å²) in [6, 6.07) is 13.1. The third-order valence-corrected chi connectivity index (χ3v) is 8.15. The molecule has 162 valence electrons. The average molecular weight is 436 g/mol. The highest BCUT2D eigenvalue weighted by Gasteiger charge is 2.42. The Morgan fingerprint density at radius 2 is 1.63 bits per heavy atom. The van der Waals surface area contributed by atoms with Gasteiger partial charge in [0.25, 0.3) is 10.2 Å². The molecule has 2 heterocycles. The van der Waals surface area contributed by atoms with Gasteiger partial charge in [0, 0.05) is 49.9 Å². The van der Waals surface area contributed by atoms with Crippen molar-refractivity contribution >= 4 is 15.9 Å². The smallest absolute Gasteiger partial charge is 0.282 e. The number of hydrogen-bond donors (Lipinski definition) is 1. The van der Waals surface area contributed by atoms with Gasteiger partial charge in [-0.15, -0.1) is 0 Å². The van der Waals surface area contributed by atoms with E-state index in [9.17, 15) is 17.2 Å². The van der Waals surface area contributed by atoms with Gasteiger partial charge in [0.15, 0.2) is 11.6 Å². The van der Waals surface area contributed by atoms with Gasteiger partial charge in [0.2, 0.25) is 0 Å². The molecule has 2 atom stereocenters. The molecule has 2 aliphatic rings. The summed E-state index contributed by atoms with van der Waals surface area (Å²) < 4.78 is 56.7. The van der Waals surface area contributed by atoms with Crippen LogP contribution in [0.25, 0.3) is 0 Å². The van der Waals surface area contributed by atoms with Crippen LogP contribution in [0.5, 0.6) is 0 Å². The summed E-state index contributed by atoms with van der Waals surface area (Å²) in [5, 5.41) is 3.24. The molecule has 0 aliphatic carbocycles. The second-order valence-corrected chi connectivity index (χ2v) is 10.2. The molecule has 2 aromatic rings. The lowest BCUT2D eigenvalue weighted by Crippen LogP contribution is -2.46. The van der Waals surface area contributed by atoms with Gasteiger partial charge in [-0.3, -0.25) is 0 Å². The molecule has 2 saturated heterocycles. The fraction of sp³-hybridized carbons (Fsp3) is 0.455. The Morgan fingerprint density at radius 3 is 2.30 bits per heavy atom. The molecule has 2 aromatic carbocycles. The Balaban J connectivity index is 1.58. The first-order valence-electron chi connectivity index (χ1n) is 10.4. The van der Waals surface area contributed by atoms with E-state index in [0.717, 1.165) is 30.5 Å². The fourth-order valence-corrected chi connectivity index (χ4v) is 6.02. The highest BCUT2D eigenvalue weighted by Crippen LogP contribution is 2.33. The molecule has 0 bridgehead atoms. The zero-order valence-electron chi connectivity index (χ0n) is 17.0. The standard InChI is InChI=1S/C22H27F2N3O2S/c1-16-9-11-26(12-10-16)30(28,29)27-14-19(17-5-3-2-4-6-17)22(15-27)25-18-7-8-20(23)21(24)13-18/h2-8,13,16,19,22,25H,9-12,14-15H2,1H3. The zero-order valence-corrected chi connectivity index (χ0v) is 17.8. The zero-order chi connectivity index (χ0) is 21.3. The number of nitrogens with zero attached hydrogens (tertiary/aromatic N) is 2. The molecule has 5 nitrogen and oxygen atoms in total. The highest BCUT2D eigenvalue weighted by molar-refractivity contribution is 7.86. The number of nitrogens with one attached hydrogen (secondary N) is 1. The number of halogens is 2. The van der Waals surface area contributed by atoms with Gasteiger partial charge in [-0.05, 0) is 36.5 Å². The van der Waals surface area contributed by atoms with Crippen LogP contribution in [0, 0.1) is 17.6 Å². The van der Waals surface area contributed by atoms with E-state index in [1.807, 2.05) is 30.3 Å². The van der Waals surface area contributed by atoms with Gasteiger partial charge >= 0.3 is 0 Å². The summed E-state index contributed by atoms with van der Waals surface area (Å²) in [6.07, 6.45) is 1.73. The Kier molecular flexibility index (Phi) is 6.09. The first kappa shape index (κ1) is 21.2. The minimum Gasteiger partial charge on any atom is -0.380 e. The van der Waals surface area contributed by atoms with Crippen molar-refractivity contribution in [3.8, 4) is 0 Å². The van der Waals surface area contributed by atoms with E-state index in [-0.39, 0.29) is 18.5 Å². The molecule has 1 N–H and O–H groups in total. The molecule has 8 heteroatoms. The van der Waals surface area contributed by atoms with E-state index in [1.54, 1.807) is 4.31 Å². The summed E-state index contributed by atoms with van der Waals surface area (Å²) in [4.78, 5) is 0. The predicted molar refractivity (Wildman–Crippen MR) is 113 cm³/mol. The maximum absolute atomic E-state index is 13.7. The van der Waals surface area contributed by atoms with Crippen LogP contribution in [-0.2, 0) is 10.2 Å². The summed E-state index contributed by atoms with van der Waals surface area (Å²) >= 11 is 0. The minimum absolute atomic E-state index is 0.0993. The van der Waals surface area contributed by atoms with Crippen molar-refractivity contribution in [1.82, 2.24) is 8.61 Å². The molecule has 0 saturated carbocycles. The van der Waals surface area contributed by atoms with Gasteiger partial charge in [0.05, 0.1) is 0 Å². The van der Waals surface area contributed by atoms with Crippen molar-refractivity contribution in [2.45, 2.75) is 31.7 Å². The summed E-state index contributed by atoms with van der Waals surface area (Å²) in [5.74, 6) is -1.40. The van der Waals surface area contributed by atoms with Crippen molar-refractivity contribution in [2.24, 2.45) is 5.92 Å². The molecule has 0 amide bonds. The Bertz CT molecular complexity index is 979. The van der Waals surface area contributed by atoms with Crippen LogP contribution in [0.15, 0.2) is 48.5 Å². The summed E-state index contributed by atoms with van der Waals surface area (Å²) in [6.45, 7) is 3.84. The SMILES string of the molecule is CC1CCN(S(=O)(=O)N2CC(Nc3ccc(F)c(F)c3)C(c3ccccc3)C2)CC1. The van der Waals surface area contributed by atoms with E-state index in [1.165, 1.54) is 10.4 Å². The average Bonchev–Trinajstić information content (AvgIpc) is 3.16. The molecular weight excluding hydrogens is 408 g/mol. The van der Waals surface area contributed by atoms with Crippen LogP contribution in [0.3, 0.4) is 0 Å². The Labute approximate surface area is 176 Å². The van der Waals surface area contributed by atoms with Crippen LogP contribution < -0.4 is 5.32 Å². The third-order valence-electron chi connectivity index (χ3n) is 6.18. The predicted octanol–water partition coefficient (Wildman–Crippen LogP) is 3.82. The van der Waals surface area contributed by atoms with E-state index in [4.69, 9.17) is 0 Å². The molecular formula is C22H27F2N3O2S. The van der Waals surface area contributed by atoms with Crippen LogP contribution in [0.4, 0.5) is 14.5 Å². The lowest BCUT2D eigenvalue weighted by molar-refractivity contribution is 0.270. The number of piperidine rings is 1. The Hall–Kier alpha value is -2.03. The monoisotopic (exact) mass is 435 g/mol. The highest BCUT2D eigenvalue weighted by atomic mass is 32.2. The van der Waals surface area contributed by atoms with Gasteiger partial charge in [-0.1, -0.05) is 37.3 Å². The second-order valence-electron chi connectivity index (χ2n) is 8.30. The third kappa shape index (κ3) is 4.36. The van der Waals surface area contributed by atoms with Crippen molar-refractivity contribution in [1.29, 1.82) is 0 Å². The quantitative estimate of drug-likeness (QED) is 0.777. The maximum atomic E-state index is 13.7. The van der Waals surface area contributed by atoms with Gasteiger partial charge in [-0.2, -0.15) is 17.0 Å². The van der Waals surface area contributed by atoms with Gasteiger partial charge in [0.1, 0.15) is 0 Å². The Morgan fingerprint density at radius 1 is 0.933 bits per heavy atom. The summed E-state index contributed by atoms with van der Waals surface area (Å²) in [7, 11) is -3.57. The van der Waals surface area contributed by atoms with Crippen molar-refractivity contribution < 1.29 is 17.2 Å². The summed E-state index contributed by atoms with van der Waals surface area (Å²) in [5.41, 5.74) is 1.45. The molecule has 30 heavy (non-hydrogen) atoms. The maximum Gasteiger partial charge on any atom is 0.282 e. The van der Waals surface area contributed by atoms with Crippen LogP contribution in [-0.4, -0.2) is 49.2 Å². The van der Waals surface area contributed by atoms with Crippen LogP contribution >= 0.6 is 0 Å². The van der Waals surface area contributed by atoms with Gasteiger partial charge in [-0.25, -0.2) is 8.78 Å². The molecule has 2 aliphatic heterocycles. The molecule has 4 rings (SSSR count). The largest absolute Gasteiger partial charge is 0.380 e. The van der Waals surface area contributed by atoms with Crippen LogP contribution in [0.2, 0.25) is 0 Å². The lowest BCUT2D eigenvalue weighted by atomic mass is 9.94. The second kappa shape index (κ2) is 8.61. The van der Waals surface area contributed by atoms with Gasteiger partial charge < -0.3 is 5.32 Å². The van der Waals surface area contributed by atoms with Crippen molar-refractivity contribution in [3.05, 3.63) is 65.7 Å². The number of hydrogen-bond acceptors (Lipinski definition) is 3. The van der Waals surface area contributed by atoms with E-state index in [2.05, 4.69) is 12.2 Å². The first-order valence-corrected chi connectivity index (χ1v) is 11.8. The fourth-order valence-electron chi connectivity index (χ4n) is 4.32. The van der Waals surface area contributed by atoms with Crippen LogP contribution in [0.1, 0.15) is 31.2 Å². The molecule has 2 fully saturated rings. The van der Waals surface area contributed by atoms with Crippen molar-refractivity contribution in [3.63, 3.8) is 0 Å². The molecule has 0 radical (unpaired) electrons. The number of benzene rings is 2.